The maximum atomic E-state index is 12.4. The Kier molecular flexibility index (Phi) is 11.0. The van der Waals surface area contributed by atoms with Crippen LogP contribution >= 0.6 is 0 Å². The van der Waals surface area contributed by atoms with Crippen molar-refractivity contribution < 1.29 is 44.3 Å². The predicted molar refractivity (Wildman–Crippen MR) is 178 cm³/mol. The minimum absolute atomic E-state index is 0.114. The number of carbonyl (C=O) groups excluding carboxylic acids is 2. The third kappa shape index (κ3) is 8.20. The summed E-state index contributed by atoms with van der Waals surface area (Å²) in [5, 5.41) is 39.0. The van der Waals surface area contributed by atoms with Crippen LogP contribution in [0, 0.1) is 45.8 Å². The molecular formula is C38H64O9. The number of aliphatic hydroxyl groups is 3. The van der Waals surface area contributed by atoms with E-state index in [1.807, 2.05) is 41.5 Å². The van der Waals surface area contributed by atoms with Crippen molar-refractivity contribution >= 4 is 17.9 Å². The highest BCUT2D eigenvalue weighted by Gasteiger charge is 2.62. The fourth-order valence-electron chi connectivity index (χ4n) is 9.58. The first-order chi connectivity index (χ1) is 21.7. The van der Waals surface area contributed by atoms with Gasteiger partial charge < -0.3 is 29.9 Å². The fourth-order valence-corrected chi connectivity index (χ4v) is 9.58. The lowest BCUT2D eigenvalue weighted by Crippen LogP contribution is -2.64. The molecule has 0 spiro atoms. The Balaban J connectivity index is 0.000000174. The van der Waals surface area contributed by atoms with E-state index >= 15 is 0 Å². The van der Waals surface area contributed by atoms with Crippen LogP contribution in [0.15, 0.2) is 0 Å². The zero-order valence-corrected chi connectivity index (χ0v) is 30.4. The summed E-state index contributed by atoms with van der Waals surface area (Å²) in [7, 11) is 0. The SMILES string of the molecule is CCC(C)(C)C(=O)O.CCC(C)(C)C(=O)OC1C2CC3(O)CC1CC(O)(C2)C3.CCC(C)(CO)C(=O)OC12CC3CC(CC(C3)C1)C2. The standard InChI is InChI=1S/C16H26O4.C16H26O3.C6H12O2/c1-4-14(2,3)13(17)20-12-10-5-15(18)7-11(12)8-16(19,6-10)9-15;1-3-15(2,10-17)14(18)19-16-7-11-4-12(8-16)6-13(5-11)9-16;1-4-6(2,3)5(7)8/h10-12,18-19H,4-9H2,1-3H3;11-13,17H,3-10H2,1-2H3;4H2,1-3H3,(H,7,8). The number of carboxylic acid groups (broad SMARTS) is 1. The summed E-state index contributed by atoms with van der Waals surface area (Å²) in [4.78, 5) is 35.0. The van der Waals surface area contributed by atoms with E-state index in [1.54, 1.807) is 13.8 Å². The topological polar surface area (TPSA) is 151 Å². The molecule has 0 heterocycles. The minimum atomic E-state index is -0.732. The molecule has 8 aliphatic carbocycles. The number of carboxylic acids is 1. The molecule has 8 fully saturated rings. The predicted octanol–water partition coefficient (Wildman–Crippen LogP) is 6.43. The van der Waals surface area contributed by atoms with Gasteiger partial charge in [0.2, 0.25) is 0 Å². The minimum Gasteiger partial charge on any atom is -0.481 e. The normalized spacial score (nSPS) is 39.1. The van der Waals surface area contributed by atoms with Gasteiger partial charge in [-0.2, -0.15) is 0 Å². The van der Waals surface area contributed by atoms with Gasteiger partial charge >= 0.3 is 17.9 Å². The molecule has 270 valence electrons. The van der Waals surface area contributed by atoms with Crippen LogP contribution in [0.4, 0.5) is 0 Å². The molecule has 8 aliphatic rings. The van der Waals surface area contributed by atoms with Crippen molar-refractivity contribution in [3.63, 3.8) is 0 Å². The van der Waals surface area contributed by atoms with Gasteiger partial charge in [-0.25, -0.2) is 0 Å². The first kappa shape index (κ1) is 38.1. The second kappa shape index (κ2) is 13.5. The van der Waals surface area contributed by atoms with Crippen LogP contribution in [-0.2, 0) is 23.9 Å². The third-order valence-corrected chi connectivity index (χ3v) is 13.2. The molecule has 0 aromatic heterocycles. The Morgan fingerprint density at radius 3 is 1.43 bits per heavy atom. The van der Waals surface area contributed by atoms with Gasteiger partial charge in [0.1, 0.15) is 11.7 Å². The van der Waals surface area contributed by atoms with Crippen LogP contribution in [0.3, 0.4) is 0 Å². The third-order valence-electron chi connectivity index (χ3n) is 13.2. The molecule has 0 radical (unpaired) electrons. The summed E-state index contributed by atoms with van der Waals surface area (Å²) in [6, 6.07) is 0. The van der Waals surface area contributed by atoms with Gasteiger partial charge in [-0.3, -0.25) is 14.4 Å². The lowest BCUT2D eigenvalue weighted by atomic mass is 9.51. The Morgan fingerprint density at radius 2 is 1.11 bits per heavy atom. The molecule has 1 unspecified atom stereocenters. The van der Waals surface area contributed by atoms with Gasteiger partial charge in [-0.05, 0) is 136 Å². The molecule has 0 saturated heterocycles. The quantitative estimate of drug-likeness (QED) is 0.204. The van der Waals surface area contributed by atoms with Crippen LogP contribution in [0.1, 0.15) is 145 Å². The van der Waals surface area contributed by atoms with Crippen molar-refractivity contribution in [3.05, 3.63) is 0 Å². The highest BCUT2D eigenvalue weighted by atomic mass is 16.6. The summed E-state index contributed by atoms with van der Waals surface area (Å²) in [6.07, 6.45) is 12.3. The largest absolute Gasteiger partial charge is 0.481 e. The molecule has 0 aromatic carbocycles. The van der Waals surface area contributed by atoms with E-state index in [1.165, 1.54) is 19.3 Å². The Hall–Kier alpha value is -1.71. The summed E-state index contributed by atoms with van der Waals surface area (Å²) in [6.45, 7) is 14.8. The number of carbonyl (C=O) groups is 3. The number of hydrogen-bond acceptors (Lipinski definition) is 8. The second-order valence-electron chi connectivity index (χ2n) is 18.2. The second-order valence-corrected chi connectivity index (χ2v) is 18.2. The van der Waals surface area contributed by atoms with Gasteiger partial charge in [0.25, 0.3) is 0 Å². The van der Waals surface area contributed by atoms with E-state index in [-0.39, 0.29) is 42.1 Å². The van der Waals surface area contributed by atoms with Crippen LogP contribution in [0.25, 0.3) is 0 Å². The molecule has 8 rings (SSSR count). The van der Waals surface area contributed by atoms with E-state index in [2.05, 4.69) is 0 Å². The maximum Gasteiger partial charge on any atom is 0.314 e. The molecule has 9 heteroatoms. The van der Waals surface area contributed by atoms with Crippen molar-refractivity contribution in [1.29, 1.82) is 0 Å². The molecule has 1 atom stereocenters. The Bertz CT molecular complexity index is 1080. The summed E-state index contributed by atoms with van der Waals surface area (Å²) in [5.41, 5.74) is -3.36. The highest BCUT2D eigenvalue weighted by molar-refractivity contribution is 5.77. The number of aliphatic carboxylic acids is 1. The average Bonchev–Trinajstić information content (AvgIpc) is 2.96. The number of hydrogen-bond donors (Lipinski definition) is 4. The van der Waals surface area contributed by atoms with Gasteiger partial charge in [0.05, 0.1) is 34.1 Å². The highest BCUT2D eigenvalue weighted by Crippen LogP contribution is 2.59. The van der Waals surface area contributed by atoms with E-state index in [9.17, 15) is 29.7 Å². The number of rotatable bonds is 9. The van der Waals surface area contributed by atoms with Crippen LogP contribution < -0.4 is 0 Å². The monoisotopic (exact) mass is 664 g/mol. The molecular weight excluding hydrogens is 600 g/mol. The molecule has 0 aliphatic heterocycles. The van der Waals surface area contributed by atoms with Crippen LogP contribution in [0.2, 0.25) is 0 Å². The van der Waals surface area contributed by atoms with Crippen molar-refractivity contribution in [2.24, 2.45) is 45.8 Å². The molecule has 8 saturated carbocycles. The van der Waals surface area contributed by atoms with Crippen molar-refractivity contribution in [3.8, 4) is 0 Å². The Labute approximate surface area is 282 Å². The molecule has 0 aromatic rings. The average molecular weight is 665 g/mol. The van der Waals surface area contributed by atoms with E-state index < -0.39 is 33.4 Å². The molecule has 9 nitrogen and oxygen atoms in total. The van der Waals surface area contributed by atoms with Gasteiger partial charge in [-0.1, -0.05) is 20.8 Å². The number of aliphatic hydroxyl groups excluding tert-OH is 1. The van der Waals surface area contributed by atoms with Crippen molar-refractivity contribution in [2.45, 2.75) is 168 Å². The maximum absolute atomic E-state index is 12.4. The number of esters is 2. The molecule has 4 N–H and O–H groups in total. The van der Waals surface area contributed by atoms with Crippen LogP contribution in [-0.4, -0.2) is 67.8 Å². The summed E-state index contributed by atoms with van der Waals surface area (Å²) < 4.78 is 11.8. The molecule has 0 amide bonds. The Morgan fingerprint density at radius 1 is 0.681 bits per heavy atom. The smallest absolute Gasteiger partial charge is 0.314 e. The lowest BCUT2D eigenvalue weighted by molar-refractivity contribution is -0.244. The van der Waals surface area contributed by atoms with E-state index in [0.29, 0.717) is 44.9 Å². The van der Waals surface area contributed by atoms with Gasteiger partial charge in [0, 0.05) is 18.3 Å². The van der Waals surface area contributed by atoms with E-state index in [4.69, 9.17) is 14.6 Å². The molecule has 8 bridgehead atoms. The van der Waals surface area contributed by atoms with Gasteiger partial charge in [0.15, 0.2) is 0 Å². The first-order valence-corrected chi connectivity index (χ1v) is 18.4. The summed E-state index contributed by atoms with van der Waals surface area (Å²) in [5.74, 6) is 1.52. The molecule has 47 heavy (non-hydrogen) atoms. The first-order valence-electron chi connectivity index (χ1n) is 18.4. The lowest BCUT2D eigenvalue weighted by Gasteiger charge is -2.60. The van der Waals surface area contributed by atoms with E-state index in [0.717, 1.165) is 43.4 Å². The zero-order chi connectivity index (χ0) is 35.2. The van der Waals surface area contributed by atoms with Gasteiger partial charge in [-0.15, -0.1) is 0 Å². The zero-order valence-electron chi connectivity index (χ0n) is 30.4. The van der Waals surface area contributed by atoms with Crippen LogP contribution in [0.5, 0.6) is 0 Å². The number of ether oxygens (including phenoxy) is 2. The van der Waals surface area contributed by atoms with Crippen molar-refractivity contribution in [1.82, 2.24) is 0 Å². The fraction of sp³-hybridized carbons (Fsp3) is 0.921. The van der Waals surface area contributed by atoms with Crippen molar-refractivity contribution in [2.75, 3.05) is 6.61 Å². The summed E-state index contributed by atoms with van der Waals surface area (Å²) >= 11 is 0.